The van der Waals surface area contributed by atoms with Crippen molar-refractivity contribution >= 4 is 10.9 Å². The molecule has 0 atom stereocenters. The Morgan fingerprint density at radius 2 is 1.93 bits per heavy atom. The van der Waals surface area contributed by atoms with Gasteiger partial charge in [0.05, 0.1) is 11.9 Å². The molecule has 0 radical (unpaired) electrons. The van der Waals surface area contributed by atoms with E-state index in [2.05, 4.69) is 62.1 Å². The molecule has 6 heteroatoms. The first-order valence-corrected chi connectivity index (χ1v) is 11.1. The van der Waals surface area contributed by atoms with Crippen LogP contribution in [-0.4, -0.2) is 43.1 Å². The Morgan fingerprint density at radius 1 is 1.07 bits per heavy atom. The lowest BCUT2D eigenvalue weighted by atomic mass is 9.88. The van der Waals surface area contributed by atoms with Gasteiger partial charge >= 0.3 is 0 Å². The van der Waals surface area contributed by atoms with Crippen LogP contribution in [0.4, 0.5) is 0 Å². The zero-order chi connectivity index (χ0) is 20.5. The first-order chi connectivity index (χ1) is 14.7. The first-order valence-electron chi connectivity index (χ1n) is 11.1. The fourth-order valence-electron chi connectivity index (χ4n) is 4.85. The highest BCUT2D eigenvalue weighted by molar-refractivity contribution is 5.91. The van der Waals surface area contributed by atoms with Crippen LogP contribution in [0.2, 0.25) is 0 Å². The van der Waals surface area contributed by atoms with Gasteiger partial charge < -0.3 is 9.97 Å². The molecule has 3 N–H and O–H groups in total. The highest BCUT2D eigenvalue weighted by Gasteiger charge is 2.22. The average Bonchev–Trinajstić information content (AvgIpc) is 3.53. The van der Waals surface area contributed by atoms with Crippen LogP contribution in [-0.2, 0) is 19.4 Å². The number of H-pyrrole nitrogens is 3. The maximum atomic E-state index is 4.44. The van der Waals surface area contributed by atoms with Crippen LogP contribution in [0.5, 0.6) is 0 Å². The van der Waals surface area contributed by atoms with Crippen LogP contribution in [0, 0.1) is 0 Å². The van der Waals surface area contributed by atoms with Gasteiger partial charge in [0.1, 0.15) is 5.82 Å². The number of aromatic nitrogens is 5. The Labute approximate surface area is 177 Å². The van der Waals surface area contributed by atoms with Crippen molar-refractivity contribution in [1.29, 1.82) is 0 Å². The smallest absolute Gasteiger partial charge is 0.105 e. The highest BCUT2D eigenvalue weighted by atomic mass is 15.1. The van der Waals surface area contributed by atoms with Crippen molar-refractivity contribution in [1.82, 2.24) is 30.0 Å². The first kappa shape index (κ1) is 19.1. The van der Waals surface area contributed by atoms with E-state index in [9.17, 15) is 0 Å². The van der Waals surface area contributed by atoms with Crippen molar-refractivity contribution in [3.63, 3.8) is 0 Å². The van der Waals surface area contributed by atoms with Crippen LogP contribution >= 0.6 is 0 Å². The molecule has 0 unspecified atom stereocenters. The average molecular weight is 403 g/mol. The number of rotatable bonds is 6. The Morgan fingerprint density at radius 3 is 2.63 bits per heavy atom. The molecule has 1 aliphatic rings. The molecule has 156 valence electrons. The number of hydrogen-bond donors (Lipinski definition) is 3. The molecule has 0 amide bonds. The molecule has 1 aromatic carbocycles. The summed E-state index contributed by atoms with van der Waals surface area (Å²) in [4.78, 5) is 14.0. The Hall–Kier alpha value is -2.86. The predicted octanol–water partition coefficient (Wildman–Crippen LogP) is 4.79. The molecular weight excluding hydrogens is 372 g/mol. The third kappa shape index (κ3) is 3.56. The van der Waals surface area contributed by atoms with Crippen molar-refractivity contribution < 1.29 is 0 Å². The minimum atomic E-state index is 0.635. The lowest BCUT2D eigenvalue weighted by Gasteiger charge is -2.31. The summed E-state index contributed by atoms with van der Waals surface area (Å²) in [6.45, 7) is 7.62. The van der Waals surface area contributed by atoms with E-state index < -0.39 is 0 Å². The Balaban J connectivity index is 1.32. The second-order valence-corrected chi connectivity index (χ2v) is 8.38. The quantitative estimate of drug-likeness (QED) is 0.434. The molecule has 4 heterocycles. The zero-order valence-corrected chi connectivity index (χ0v) is 17.8. The number of likely N-dealkylation sites (tertiary alicyclic amines) is 1. The molecule has 0 aliphatic carbocycles. The van der Waals surface area contributed by atoms with Crippen molar-refractivity contribution in [2.45, 2.75) is 52.0 Å². The van der Waals surface area contributed by atoms with Crippen molar-refractivity contribution in [2.75, 3.05) is 13.1 Å². The second-order valence-electron chi connectivity index (χ2n) is 8.38. The SMILES string of the molecule is CCc1ncc(CN2CCC(c3ccc4[nH]c(-c5cn[nH]c5)c(CC)c4c3)CC2)[nH]1. The van der Waals surface area contributed by atoms with E-state index in [0.29, 0.717) is 5.92 Å². The van der Waals surface area contributed by atoms with Crippen molar-refractivity contribution in [3.8, 4) is 11.3 Å². The van der Waals surface area contributed by atoms with Gasteiger partial charge in [-0.25, -0.2) is 4.98 Å². The molecular formula is C24H30N6. The van der Waals surface area contributed by atoms with Crippen molar-refractivity contribution in [3.05, 3.63) is 59.4 Å². The fourth-order valence-corrected chi connectivity index (χ4v) is 4.85. The second kappa shape index (κ2) is 8.11. The summed E-state index contributed by atoms with van der Waals surface area (Å²) >= 11 is 0. The van der Waals surface area contributed by atoms with E-state index in [0.717, 1.165) is 43.9 Å². The minimum absolute atomic E-state index is 0.635. The van der Waals surface area contributed by atoms with Gasteiger partial charge in [0.15, 0.2) is 0 Å². The monoisotopic (exact) mass is 402 g/mol. The molecule has 0 bridgehead atoms. The summed E-state index contributed by atoms with van der Waals surface area (Å²) < 4.78 is 0. The normalized spacial score (nSPS) is 15.9. The Kier molecular flexibility index (Phi) is 5.17. The van der Waals surface area contributed by atoms with Gasteiger partial charge in [0.2, 0.25) is 0 Å². The summed E-state index contributed by atoms with van der Waals surface area (Å²) in [5.74, 6) is 1.72. The lowest BCUT2D eigenvalue weighted by molar-refractivity contribution is 0.203. The van der Waals surface area contributed by atoms with Crippen LogP contribution in [0.25, 0.3) is 22.2 Å². The van der Waals surface area contributed by atoms with E-state index in [1.165, 1.54) is 46.3 Å². The number of hydrogen-bond acceptors (Lipinski definition) is 3. The van der Waals surface area contributed by atoms with Crippen LogP contribution in [0.1, 0.15) is 55.3 Å². The number of aryl methyl sites for hydroxylation is 2. The molecule has 0 spiro atoms. The van der Waals surface area contributed by atoms with E-state index >= 15 is 0 Å². The third-order valence-electron chi connectivity index (χ3n) is 6.54. The number of benzene rings is 1. The minimum Gasteiger partial charge on any atom is -0.354 e. The molecule has 6 nitrogen and oxygen atoms in total. The van der Waals surface area contributed by atoms with Gasteiger partial charge in [-0.3, -0.25) is 10.00 Å². The zero-order valence-electron chi connectivity index (χ0n) is 17.8. The van der Waals surface area contributed by atoms with Gasteiger partial charge in [-0.1, -0.05) is 19.9 Å². The largest absolute Gasteiger partial charge is 0.354 e. The topological polar surface area (TPSA) is 76.4 Å². The van der Waals surface area contributed by atoms with Crippen molar-refractivity contribution in [2.24, 2.45) is 0 Å². The van der Waals surface area contributed by atoms with Gasteiger partial charge in [-0.05, 0) is 61.5 Å². The molecule has 30 heavy (non-hydrogen) atoms. The third-order valence-corrected chi connectivity index (χ3v) is 6.54. The van der Waals surface area contributed by atoms with Crippen LogP contribution in [0.15, 0.2) is 36.8 Å². The predicted molar refractivity (Wildman–Crippen MR) is 120 cm³/mol. The number of nitrogens with one attached hydrogen (secondary N) is 3. The number of imidazole rings is 1. The van der Waals surface area contributed by atoms with Crippen LogP contribution in [0.3, 0.4) is 0 Å². The number of nitrogens with zero attached hydrogens (tertiary/aromatic N) is 3. The maximum Gasteiger partial charge on any atom is 0.105 e. The van der Waals surface area contributed by atoms with Gasteiger partial charge in [-0.15, -0.1) is 0 Å². The summed E-state index contributed by atoms with van der Waals surface area (Å²) in [6.07, 6.45) is 10.2. The molecule has 1 aliphatic heterocycles. The van der Waals surface area contributed by atoms with E-state index in [1.807, 2.05) is 18.6 Å². The molecule has 4 aromatic rings. The number of fused-ring (bicyclic) bond motifs is 1. The van der Waals surface area contributed by atoms with E-state index in [-0.39, 0.29) is 0 Å². The molecule has 3 aromatic heterocycles. The van der Waals surface area contributed by atoms with E-state index in [1.54, 1.807) is 0 Å². The van der Waals surface area contributed by atoms with Gasteiger partial charge in [-0.2, -0.15) is 5.10 Å². The molecule has 0 saturated carbocycles. The lowest BCUT2D eigenvalue weighted by Crippen LogP contribution is -2.32. The van der Waals surface area contributed by atoms with Gasteiger partial charge in [0, 0.05) is 47.5 Å². The maximum absolute atomic E-state index is 4.44. The van der Waals surface area contributed by atoms with Crippen LogP contribution < -0.4 is 0 Å². The van der Waals surface area contributed by atoms with Gasteiger partial charge in [0.25, 0.3) is 0 Å². The number of piperidine rings is 1. The molecule has 1 saturated heterocycles. The molecule has 1 fully saturated rings. The molecule has 5 rings (SSSR count). The number of aromatic amines is 3. The fraction of sp³-hybridized carbons (Fsp3) is 0.417. The highest BCUT2D eigenvalue weighted by Crippen LogP contribution is 2.35. The summed E-state index contributed by atoms with van der Waals surface area (Å²) in [5, 5.41) is 8.41. The summed E-state index contributed by atoms with van der Waals surface area (Å²) in [7, 11) is 0. The standard InChI is InChI=1S/C24H30N6/c1-3-20-21-11-17(5-6-22(21)29-24(20)18-12-26-27-13-18)16-7-9-30(10-8-16)15-19-14-25-23(4-2)28-19/h5-6,11-14,16,29H,3-4,7-10,15H2,1-2H3,(H,25,28)(H,26,27). The summed E-state index contributed by atoms with van der Waals surface area (Å²) in [6, 6.07) is 7.01. The summed E-state index contributed by atoms with van der Waals surface area (Å²) in [5.41, 5.74) is 7.64. The van der Waals surface area contributed by atoms with E-state index in [4.69, 9.17) is 0 Å². The Bertz CT molecular complexity index is 1110.